The number of hydrogen-bond donors (Lipinski definition) is 1. The third kappa shape index (κ3) is 4.06. The minimum Gasteiger partial charge on any atom is -0.308 e. The molecule has 1 aromatic carbocycles. The molecule has 106 valence electrons. The van der Waals surface area contributed by atoms with Crippen molar-refractivity contribution in [3.8, 4) is 0 Å². The van der Waals surface area contributed by atoms with Crippen LogP contribution in [-0.4, -0.2) is 11.5 Å². The molecule has 0 aliphatic heterocycles. The first-order valence-corrected chi connectivity index (χ1v) is 7.48. The van der Waals surface area contributed by atoms with Crippen LogP contribution in [0.25, 0.3) is 0 Å². The standard InChI is InChI=1S/C17H21ClN2/c1-3-10-19-17(16-9-8-15(18)12-20-16)11-14-7-5-4-6-13(14)2/h4-9,12,17,19H,3,10-11H2,1-2H3. The third-order valence-electron chi connectivity index (χ3n) is 3.43. The smallest absolute Gasteiger partial charge is 0.0589 e. The molecule has 0 saturated carbocycles. The Hall–Kier alpha value is -1.38. The Kier molecular flexibility index (Phi) is 5.57. The van der Waals surface area contributed by atoms with Crippen molar-refractivity contribution in [3.63, 3.8) is 0 Å². The summed E-state index contributed by atoms with van der Waals surface area (Å²) in [5.74, 6) is 0. The Morgan fingerprint density at radius 2 is 2.00 bits per heavy atom. The van der Waals surface area contributed by atoms with Crippen LogP contribution in [0.15, 0.2) is 42.6 Å². The maximum absolute atomic E-state index is 5.92. The van der Waals surface area contributed by atoms with E-state index >= 15 is 0 Å². The van der Waals surface area contributed by atoms with Crippen LogP contribution in [0.2, 0.25) is 5.02 Å². The third-order valence-corrected chi connectivity index (χ3v) is 3.66. The highest BCUT2D eigenvalue weighted by molar-refractivity contribution is 6.30. The van der Waals surface area contributed by atoms with Gasteiger partial charge in [-0.25, -0.2) is 0 Å². The van der Waals surface area contributed by atoms with Gasteiger partial charge in [0.05, 0.1) is 16.8 Å². The summed E-state index contributed by atoms with van der Waals surface area (Å²) < 4.78 is 0. The maximum Gasteiger partial charge on any atom is 0.0589 e. The van der Waals surface area contributed by atoms with Gasteiger partial charge in [0.15, 0.2) is 0 Å². The number of benzene rings is 1. The molecular formula is C17H21ClN2. The maximum atomic E-state index is 5.92. The lowest BCUT2D eigenvalue weighted by Gasteiger charge is -2.19. The second-order valence-electron chi connectivity index (χ2n) is 5.04. The monoisotopic (exact) mass is 288 g/mol. The van der Waals surface area contributed by atoms with E-state index in [0.29, 0.717) is 5.02 Å². The Morgan fingerprint density at radius 3 is 2.65 bits per heavy atom. The molecule has 2 rings (SSSR count). The second kappa shape index (κ2) is 7.41. The van der Waals surface area contributed by atoms with E-state index in [9.17, 15) is 0 Å². The van der Waals surface area contributed by atoms with Crippen molar-refractivity contribution in [2.45, 2.75) is 32.7 Å². The zero-order chi connectivity index (χ0) is 14.4. The van der Waals surface area contributed by atoms with Gasteiger partial charge in [-0.05, 0) is 49.6 Å². The predicted octanol–water partition coefficient (Wildman–Crippen LogP) is 4.33. The highest BCUT2D eigenvalue weighted by Crippen LogP contribution is 2.20. The Labute approximate surface area is 126 Å². The molecule has 1 atom stereocenters. The fourth-order valence-electron chi connectivity index (χ4n) is 2.25. The first-order valence-electron chi connectivity index (χ1n) is 7.10. The van der Waals surface area contributed by atoms with Gasteiger partial charge in [0, 0.05) is 6.20 Å². The van der Waals surface area contributed by atoms with Crippen molar-refractivity contribution >= 4 is 11.6 Å². The summed E-state index contributed by atoms with van der Waals surface area (Å²) in [7, 11) is 0. The minimum absolute atomic E-state index is 0.230. The first kappa shape index (κ1) is 15.0. The fraction of sp³-hybridized carbons (Fsp3) is 0.353. The number of pyridine rings is 1. The van der Waals surface area contributed by atoms with E-state index in [2.05, 4.69) is 48.4 Å². The molecule has 0 aliphatic carbocycles. The topological polar surface area (TPSA) is 24.9 Å². The van der Waals surface area contributed by atoms with E-state index < -0.39 is 0 Å². The van der Waals surface area contributed by atoms with E-state index in [1.165, 1.54) is 11.1 Å². The average molecular weight is 289 g/mol. The van der Waals surface area contributed by atoms with Crippen molar-refractivity contribution < 1.29 is 0 Å². The normalized spacial score (nSPS) is 12.3. The predicted molar refractivity (Wildman–Crippen MR) is 85.2 cm³/mol. The van der Waals surface area contributed by atoms with Crippen LogP contribution in [-0.2, 0) is 6.42 Å². The van der Waals surface area contributed by atoms with Crippen LogP contribution in [0.1, 0.15) is 36.2 Å². The first-order chi connectivity index (χ1) is 9.70. The summed E-state index contributed by atoms with van der Waals surface area (Å²) in [4.78, 5) is 4.46. The van der Waals surface area contributed by atoms with Gasteiger partial charge in [0.2, 0.25) is 0 Å². The average Bonchev–Trinajstić information content (AvgIpc) is 2.46. The molecule has 2 nitrogen and oxygen atoms in total. The molecule has 1 unspecified atom stereocenters. The van der Waals surface area contributed by atoms with Crippen LogP contribution >= 0.6 is 11.6 Å². The molecular weight excluding hydrogens is 268 g/mol. The lowest BCUT2D eigenvalue weighted by Crippen LogP contribution is -2.25. The number of aromatic nitrogens is 1. The number of aryl methyl sites for hydroxylation is 1. The molecule has 20 heavy (non-hydrogen) atoms. The van der Waals surface area contributed by atoms with Crippen molar-refractivity contribution in [3.05, 3.63) is 64.4 Å². The van der Waals surface area contributed by atoms with E-state index in [1.54, 1.807) is 6.20 Å². The molecule has 0 aliphatic rings. The van der Waals surface area contributed by atoms with Crippen molar-refractivity contribution in [2.24, 2.45) is 0 Å². The molecule has 0 saturated heterocycles. The summed E-state index contributed by atoms with van der Waals surface area (Å²) >= 11 is 5.92. The van der Waals surface area contributed by atoms with E-state index in [4.69, 9.17) is 11.6 Å². The van der Waals surface area contributed by atoms with Gasteiger partial charge in [0.25, 0.3) is 0 Å². The SMILES string of the molecule is CCCNC(Cc1ccccc1C)c1ccc(Cl)cn1. The lowest BCUT2D eigenvalue weighted by molar-refractivity contribution is 0.517. The fourth-order valence-corrected chi connectivity index (χ4v) is 2.36. The largest absolute Gasteiger partial charge is 0.308 e. The van der Waals surface area contributed by atoms with E-state index in [0.717, 1.165) is 25.1 Å². The van der Waals surface area contributed by atoms with Gasteiger partial charge in [-0.15, -0.1) is 0 Å². The van der Waals surface area contributed by atoms with Gasteiger partial charge in [-0.2, -0.15) is 0 Å². The van der Waals surface area contributed by atoms with Crippen molar-refractivity contribution in [2.75, 3.05) is 6.54 Å². The number of nitrogens with one attached hydrogen (secondary N) is 1. The van der Waals surface area contributed by atoms with E-state index in [1.807, 2.05) is 12.1 Å². The molecule has 0 bridgehead atoms. The van der Waals surface area contributed by atoms with Crippen LogP contribution < -0.4 is 5.32 Å². The van der Waals surface area contributed by atoms with Crippen LogP contribution in [0.3, 0.4) is 0 Å². The highest BCUT2D eigenvalue weighted by Gasteiger charge is 2.13. The quantitative estimate of drug-likeness (QED) is 0.856. The highest BCUT2D eigenvalue weighted by atomic mass is 35.5. The molecule has 1 aromatic heterocycles. The van der Waals surface area contributed by atoms with Gasteiger partial charge >= 0.3 is 0 Å². The number of nitrogens with zero attached hydrogens (tertiary/aromatic N) is 1. The molecule has 0 fully saturated rings. The lowest BCUT2D eigenvalue weighted by atomic mass is 9.99. The van der Waals surface area contributed by atoms with Crippen molar-refractivity contribution in [1.29, 1.82) is 0 Å². The van der Waals surface area contributed by atoms with Gasteiger partial charge in [-0.1, -0.05) is 42.8 Å². The summed E-state index contributed by atoms with van der Waals surface area (Å²) in [6.07, 6.45) is 3.77. The summed E-state index contributed by atoms with van der Waals surface area (Å²) in [5.41, 5.74) is 3.73. The summed E-state index contributed by atoms with van der Waals surface area (Å²) in [6, 6.07) is 12.7. The molecule has 1 heterocycles. The van der Waals surface area contributed by atoms with Crippen molar-refractivity contribution in [1.82, 2.24) is 10.3 Å². The number of halogens is 1. The molecule has 0 spiro atoms. The van der Waals surface area contributed by atoms with Gasteiger partial charge < -0.3 is 5.32 Å². The Morgan fingerprint density at radius 1 is 1.20 bits per heavy atom. The zero-order valence-electron chi connectivity index (χ0n) is 12.1. The van der Waals surface area contributed by atoms with Crippen LogP contribution in [0, 0.1) is 6.92 Å². The van der Waals surface area contributed by atoms with E-state index in [-0.39, 0.29) is 6.04 Å². The van der Waals surface area contributed by atoms with Gasteiger partial charge in [-0.3, -0.25) is 4.98 Å². The second-order valence-corrected chi connectivity index (χ2v) is 5.48. The summed E-state index contributed by atoms with van der Waals surface area (Å²) in [6.45, 7) is 5.31. The number of rotatable bonds is 6. The van der Waals surface area contributed by atoms with Crippen LogP contribution in [0.5, 0.6) is 0 Å². The van der Waals surface area contributed by atoms with Crippen LogP contribution in [0.4, 0.5) is 0 Å². The Balaban J connectivity index is 2.19. The Bertz CT molecular complexity index is 537. The zero-order valence-corrected chi connectivity index (χ0v) is 12.8. The minimum atomic E-state index is 0.230. The number of hydrogen-bond acceptors (Lipinski definition) is 2. The molecule has 0 radical (unpaired) electrons. The molecule has 3 heteroatoms. The molecule has 0 amide bonds. The molecule has 2 aromatic rings. The van der Waals surface area contributed by atoms with Gasteiger partial charge in [0.1, 0.15) is 0 Å². The molecule has 1 N–H and O–H groups in total. The summed E-state index contributed by atoms with van der Waals surface area (Å²) in [5, 5.41) is 4.25.